The molecular formula is C9H16N2. The number of nitrogens with zero attached hydrogens (tertiary/aromatic N) is 1. The Labute approximate surface area is 68.6 Å². The third kappa shape index (κ3) is 1.39. The van der Waals surface area contributed by atoms with Crippen molar-refractivity contribution in [1.29, 1.82) is 5.26 Å². The Balaban J connectivity index is 2.44. The predicted octanol–water partition coefficient (Wildman–Crippen LogP) is 1.53. The first kappa shape index (κ1) is 8.55. The van der Waals surface area contributed by atoms with Crippen LogP contribution in [0.25, 0.3) is 0 Å². The molecule has 0 unspecified atom stereocenters. The molecule has 0 bridgehead atoms. The normalized spacial score (nSPS) is 36.5. The first-order chi connectivity index (χ1) is 5.13. The lowest BCUT2D eigenvalue weighted by Crippen LogP contribution is -2.53. The Morgan fingerprint density at radius 3 is 2.36 bits per heavy atom. The minimum absolute atomic E-state index is 0.186. The molecule has 1 N–H and O–H groups in total. The van der Waals surface area contributed by atoms with Crippen LogP contribution in [0.2, 0.25) is 0 Å². The molecule has 0 spiro atoms. The van der Waals surface area contributed by atoms with Gasteiger partial charge in [0.05, 0.1) is 6.07 Å². The van der Waals surface area contributed by atoms with Crippen LogP contribution in [0.5, 0.6) is 0 Å². The molecule has 2 nitrogen and oxygen atoms in total. The average Bonchev–Trinajstić information content (AvgIpc) is 1.87. The van der Waals surface area contributed by atoms with Crippen LogP contribution in [-0.2, 0) is 0 Å². The van der Waals surface area contributed by atoms with Gasteiger partial charge >= 0.3 is 0 Å². The molecule has 62 valence electrons. The summed E-state index contributed by atoms with van der Waals surface area (Å²) in [6.45, 7) is 4.45. The van der Waals surface area contributed by atoms with E-state index in [-0.39, 0.29) is 5.54 Å². The number of hydrogen-bond donors (Lipinski definition) is 1. The first-order valence-electron chi connectivity index (χ1n) is 4.24. The summed E-state index contributed by atoms with van der Waals surface area (Å²) in [5.41, 5.74) is -0.186. The molecule has 1 aliphatic carbocycles. The largest absolute Gasteiger partial charge is 0.302 e. The second-order valence-electron chi connectivity index (χ2n) is 3.86. The third-order valence-corrected chi connectivity index (χ3v) is 2.86. The summed E-state index contributed by atoms with van der Waals surface area (Å²) >= 11 is 0. The van der Waals surface area contributed by atoms with Gasteiger partial charge in [0.25, 0.3) is 0 Å². The summed E-state index contributed by atoms with van der Waals surface area (Å²) in [5, 5.41) is 11.9. The minimum Gasteiger partial charge on any atom is -0.302 e. The van der Waals surface area contributed by atoms with Gasteiger partial charge in [-0.3, -0.25) is 0 Å². The summed E-state index contributed by atoms with van der Waals surface area (Å²) in [6, 6.07) is 2.34. The summed E-state index contributed by atoms with van der Waals surface area (Å²) in [7, 11) is 1.87. The number of nitriles is 1. The van der Waals surface area contributed by atoms with Crippen molar-refractivity contribution in [2.24, 2.45) is 11.8 Å². The molecule has 1 fully saturated rings. The second-order valence-corrected chi connectivity index (χ2v) is 3.86. The van der Waals surface area contributed by atoms with Gasteiger partial charge in [0, 0.05) is 0 Å². The highest BCUT2D eigenvalue weighted by Gasteiger charge is 2.44. The van der Waals surface area contributed by atoms with Gasteiger partial charge in [-0.2, -0.15) is 5.26 Å². The van der Waals surface area contributed by atoms with E-state index in [0.717, 1.165) is 24.7 Å². The van der Waals surface area contributed by atoms with Crippen molar-refractivity contribution >= 4 is 0 Å². The first-order valence-corrected chi connectivity index (χ1v) is 4.24. The monoisotopic (exact) mass is 152 g/mol. The number of rotatable bonds is 2. The molecule has 0 saturated heterocycles. The van der Waals surface area contributed by atoms with Crippen LogP contribution in [0, 0.1) is 23.2 Å². The summed E-state index contributed by atoms with van der Waals surface area (Å²) in [4.78, 5) is 0. The quantitative estimate of drug-likeness (QED) is 0.651. The molecule has 11 heavy (non-hydrogen) atoms. The number of hydrogen-bond acceptors (Lipinski definition) is 2. The Hall–Kier alpha value is -0.550. The van der Waals surface area contributed by atoms with E-state index in [1.54, 1.807) is 0 Å². The second kappa shape index (κ2) is 2.83. The van der Waals surface area contributed by atoms with E-state index >= 15 is 0 Å². The summed E-state index contributed by atoms with van der Waals surface area (Å²) < 4.78 is 0. The highest BCUT2D eigenvalue weighted by atomic mass is 15.0. The van der Waals surface area contributed by atoms with E-state index in [4.69, 9.17) is 5.26 Å². The van der Waals surface area contributed by atoms with Crippen molar-refractivity contribution in [1.82, 2.24) is 5.32 Å². The van der Waals surface area contributed by atoms with E-state index < -0.39 is 0 Å². The van der Waals surface area contributed by atoms with Crippen LogP contribution in [0.3, 0.4) is 0 Å². The van der Waals surface area contributed by atoms with Gasteiger partial charge in [0.15, 0.2) is 0 Å². The molecule has 0 atom stereocenters. The van der Waals surface area contributed by atoms with Gasteiger partial charge in [-0.05, 0) is 31.7 Å². The molecule has 1 aliphatic rings. The summed E-state index contributed by atoms with van der Waals surface area (Å²) in [6.07, 6.45) is 2.05. The lowest BCUT2D eigenvalue weighted by atomic mass is 9.65. The maximum Gasteiger partial charge on any atom is 0.107 e. The van der Waals surface area contributed by atoms with Crippen LogP contribution in [-0.4, -0.2) is 12.6 Å². The van der Waals surface area contributed by atoms with E-state index in [0.29, 0.717) is 0 Å². The standard InChI is InChI=1S/C9H16N2/c1-7(2)8-4-9(5-8,6-10)11-3/h7-8,11H,4-5H2,1-3H3. The Morgan fingerprint density at radius 2 is 2.09 bits per heavy atom. The fourth-order valence-corrected chi connectivity index (χ4v) is 1.66. The zero-order valence-corrected chi connectivity index (χ0v) is 7.52. The van der Waals surface area contributed by atoms with Crippen LogP contribution < -0.4 is 5.32 Å². The zero-order chi connectivity index (χ0) is 8.48. The highest BCUT2D eigenvalue weighted by Crippen LogP contribution is 2.41. The van der Waals surface area contributed by atoms with Gasteiger partial charge in [0.1, 0.15) is 5.54 Å². The van der Waals surface area contributed by atoms with Crippen molar-refractivity contribution in [3.8, 4) is 6.07 Å². The minimum atomic E-state index is -0.186. The van der Waals surface area contributed by atoms with Gasteiger partial charge in [-0.15, -0.1) is 0 Å². The van der Waals surface area contributed by atoms with Crippen molar-refractivity contribution in [3.63, 3.8) is 0 Å². The molecule has 0 aliphatic heterocycles. The van der Waals surface area contributed by atoms with Gasteiger partial charge in [0.2, 0.25) is 0 Å². The molecule has 0 aromatic heterocycles. The van der Waals surface area contributed by atoms with E-state index in [2.05, 4.69) is 25.2 Å². The maximum absolute atomic E-state index is 8.82. The fraction of sp³-hybridized carbons (Fsp3) is 0.889. The van der Waals surface area contributed by atoms with Gasteiger partial charge in [-0.1, -0.05) is 13.8 Å². The topological polar surface area (TPSA) is 35.8 Å². The lowest BCUT2D eigenvalue weighted by Gasteiger charge is -2.44. The molecule has 0 aromatic rings. The molecule has 1 saturated carbocycles. The van der Waals surface area contributed by atoms with E-state index in [1.165, 1.54) is 0 Å². The molecule has 0 amide bonds. The van der Waals surface area contributed by atoms with E-state index in [1.807, 2.05) is 7.05 Å². The Morgan fingerprint density at radius 1 is 1.55 bits per heavy atom. The fourth-order valence-electron chi connectivity index (χ4n) is 1.66. The maximum atomic E-state index is 8.82. The Kier molecular flexibility index (Phi) is 2.20. The van der Waals surface area contributed by atoms with Gasteiger partial charge < -0.3 is 5.32 Å². The third-order valence-electron chi connectivity index (χ3n) is 2.86. The molecule has 0 aromatic carbocycles. The summed E-state index contributed by atoms with van der Waals surface area (Å²) in [5.74, 6) is 1.48. The Bertz CT molecular complexity index is 172. The molecule has 1 rings (SSSR count). The van der Waals surface area contributed by atoms with Crippen molar-refractivity contribution in [2.45, 2.75) is 32.2 Å². The predicted molar refractivity (Wildman–Crippen MR) is 45.0 cm³/mol. The van der Waals surface area contributed by atoms with Crippen LogP contribution in [0.1, 0.15) is 26.7 Å². The molecule has 0 heterocycles. The van der Waals surface area contributed by atoms with Crippen LogP contribution in [0.4, 0.5) is 0 Å². The zero-order valence-electron chi connectivity index (χ0n) is 7.52. The van der Waals surface area contributed by atoms with Crippen LogP contribution >= 0.6 is 0 Å². The lowest BCUT2D eigenvalue weighted by molar-refractivity contribution is 0.123. The average molecular weight is 152 g/mol. The highest BCUT2D eigenvalue weighted by molar-refractivity contribution is 5.15. The SMILES string of the molecule is CNC1(C#N)CC(C(C)C)C1. The molecular weight excluding hydrogens is 136 g/mol. The van der Waals surface area contributed by atoms with Crippen molar-refractivity contribution in [2.75, 3.05) is 7.05 Å². The number of nitrogens with one attached hydrogen (secondary N) is 1. The van der Waals surface area contributed by atoms with E-state index in [9.17, 15) is 0 Å². The molecule has 0 radical (unpaired) electrons. The smallest absolute Gasteiger partial charge is 0.107 e. The van der Waals surface area contributed by atoms with Crippen molar-refractivity contribution < 1.29 is 0 Å². The van der Waals surface area contributed by atoms with Gasteiger partial charge in [-0.25, -0.2) is 0 Å². The van der Waals surface area contributed by atoms with Crippen LogP contribution in [0.15, 0.2) is 0 Å². The molecule has 2 heteroatoms. The van der Waals surface area contributed by atoms with Crippen molar-refractivity contribution in [3.05, 3.63) is 0 Å².